The van der Waals surface area contributed by atoms with Gasteiger partial charge in [-0.25, -0.2) is 0 Å². The molecule has 0 N–H and O–H groups in total. The molecule has 5 aliphatic carbocycles. The van der Waals surface area contributed by atoms with E-state index in [-0.39, 0.29) is 47.6 Å². The summed E-state index contributed by atoms with van der Waals surface area (Å²) >= 11 is 0. The molecule has 176 valence electrons. The molecule has 0 aromatic rings. The fraction of sp³-hybridized carbons (Fsp3) is 0.704. The highest BCUT2D eigenvalue weighted by Crippen LogP contribution is 2.76. The maximum atomic E-state index is 13.0. The molecule has 9 unspecified atom stereocenters. The molecule has 9 atom stereocenters. The monoisotopic (exact) mass is 451 g/mol. The Balaban J connectivity index is 1.51. The zero-order valence-electron chi connectivity index (χ0n) is 19.9. The van der Waals surface area contributed by atoms with Crippen molar-refractivity contribution in [3.63, 3.8) is 0 Å². The number of carbonyl (C=O) groups is 3. The number of carbonyl (C=O) groups excluding carboxylic acids is 3. The second-order valence-corrected chi connectivity index (χ2v) is 11.0. The first-order valence-corrected chi connectivity index (χ1v) is 12.4. The molecular formula is C27H33NO5. The van der Waals surface area contributed by atoms with Crippen LogP contribution in [0.15, 0.2) is 23.8 Å². The summed E-state index contributed by atoms with van der Waals surface area (Å²) < 4.78 is 11.2. The average Bonchev–Trinajstić information content (AvgIpc) is 3.41. The maximum absolute atomic E-state index is 13.0. The number of rotatable bonds is 4. The minimum atomic E-state index is -1.38. The highest BCUT2D eigenvalue weighted by Gasteiger charge is 2.82. The van der Waals surface area contributed by atoms with Crippen LogP contribution in [0.4, 0.5) is 0 Å². The topological polar surface area (TPSA) is 93.5 Å². The number of hydrogen-bond donors (Lipinski definition) is 0. The highest BCUT2D eigenvalue weighted by atomic mass is 16.5. The van der Waals surface area contributed by atoms with Gasteiger partial charge >= 0.3 is 11.9 Å². The molecule has 0 saturated heterocycles. The van der Waals surface area contributed by atoms with Crippen LogP contribution in [0.2, 0.25) is 0 Å². The summed E-state index contributed by atoms with van der Waals surface area (Å²) in [6.45, 7) is 8.17. The highest BCUT2D eigenvalue weighted by molar-refractivity contribution is 6.05. The van der Waals surface area contributed by atoms with E-state index in [0.717, 1.165) is 31.3 Å². The van der Waals surface area contributed by atoms with Crippen LogP contribution < -0.4 is 0 Å². The molecule has 33 heavy (non-hydrogen) atoms. The fourth-order valence-corrected chi connectivity index (χ4v) is 8.30. The third-order valence-electron chi connectivity index (χ3n) is 9.95. The Morgan fingerprint density at radius 3 is 2.61 bits per heavy atom. The predicted octanol–water partition coefficient (Wildman–Crippen LogP) is 4.15. The van der Waals surface area contributed by atoms with E-state index in [1.807, 2.05) is 6.92 Å². The first-order chi connectivity index (χ1) is 15.7. The van der Waals surface area contributed by atoms with Crippen LogP contribution in [0, 0.1) is 57.2 Å². The Labute approximate surface area is 195 Å². The minimum absolute atomic E-state index is 0.0617. The van der Waals surface area contributed by atoms with Gasteiger partial charge in [0.2, 0.25) is 0 Å². The molecule has 0 aromatic heterocycles. The van der Waals surface area contributed by atoms with Gasteiger partial charge in [-0.3, -0.25) is 14.4 Å². The molecule has 5 aliphatic rings. The lowest BCUT2D eigenvalue weighted by Gasteiger charge is -2.55. The molecule has 0 heterocycles. The molecule has 0 bridgehead atoms. The molecule has 5 rings (SSSR count). The van der Waals surface area contributed by atoms with Gasteiger partial charge in [0.05, 0.1) is 18.6 Å². The van der Waals surface area contributed by atoms with E-state index in [1.165, 1.54) is 0 Å². The van der Waals surface area contributed by atoms with Crippen molar-refractivity contribution in [1.29, 1.82) is 5.26 Å². The minimum Gasteiger partial charge on any atom is -0.465 e. The standard InChI is InChI=1S/C27H33NO5/c1-5-21(30)33-20-10-9-17-16-8-7-15-13-19(29)22-23(27(22,14-28)24(31)32-6-2)26(15,4)18(16)11-12-25(17,20)3/h7-8,13,16-18,20,22-23H,5-6,9-12H2,1-4H3. The van der Waals surface area contributed by atoms with E-state index < -0.39 is 22.7 Å². The molecule has 0 radical (unpaired) electrons. The van der Waals surface area contributed by atoms with Crippen LogP contribution in [0.25, 0.3) is 0 Å². The van der Waals surface area contributed by atoms with Crippen molar-refractivity contribution in [3.05, 3.63) is 23.8 Å². The summed E-state index contributed by atoms with van der Waals surface area (Å²) in [4.78, 5) is 38.0. The normalized spacial score (nSPS) is 46.6. The van der Waals surface area contributed by atoms with Crippen molar-refractivity contribution in [1.82, 2.24) is 0 Å². The number of ketones is 1. The summed E-state index contributed by atoms with van der Waals surface area (Å²) in [5.41, 5.74) is -0.938. The second-order valence-electron chi connectivity index (χ2n) is 11.0. The number of fused-ring (bicyclic) bond motifs is 7. The maximum Gasteiger partial charge on any atom is 0.327 e. The van der Waals surface area contributed by atoms with Crippen molar-refractivity contribution < 1.29 is 23.9 Å². The van der Waals surface area contributed by atoms with Crippen LogP contribution >= 0.6 is 0 Å². The Hall–Kier alpha value is -2.42. The number of nitrogens with zero attached hydrogens (tertiary/aromatic N) is 1. The van der Waals surface area contributed by atoms with Crippen LogP contribution in [-0.4, -0.2) is 30.4 Å². The van der Waals surface area contributed by atoms with E-state index in [1.54, 1.807) is 13.0 Å². The average molecular weight is 452 g/mol. The first kappa shape index (κ1) is 22.4. The molecular weight excluding hydrogens is 418 g/mol. The summed E-state index contributed by atoms with van der Waals surface area (Å²) in [7, 11) is 0. The van der Waals surface area contributed by atoms with E-state index in [0.29, 0.717) is 12.3 Å². The molecule has 0 aliphatic heterocycles. The zero-order chi connectivity index (χ0) is 23.8. The Bertz CT molecular complexity index is 1020. The van der Waals surface area contributed by atoms with Gasteiger partial charge in [0.25, 0.3) is 0 Å². The first-order valence-electron chi connectivity index (χ1n) is 12.4. The quantitative estimate of drug-likeness (QED) is 0.596. The van der Waals surface area contributed by atoms with Crippen molar-refractivity contribution >= 4 is 17.7 Å². The summed E-state index contributed by atoms with van der Waals surface area (Å²) in [5.74, 6) is -0.906. The molecule has 0 amide bonds. The number of ether oxygens (including phenoxy) is 2. The van der Waals surface area contributed by atoms with Crippen molar-refractivity contribution in [3.8, 4) is 6.07 Å². The van der Waals surface area contributed by atoms with Gasteiger partial charge in [-0.1, -0.05) is 32.9 Å². The molecule has 6 nitrogen and oxygen atoms in total. The van der Waals surface area contributed by atoms with Gasteiger partial charge < -0.3 is 9.47 Å². The van der Waals surface area contributed by atoms with E-state index >= 15 is 0 Å². The molecule has 3 fully saturated rings. The smallest absolute Gasteiger partial charge is 0.327 e. The number of esters is 2. The van der Waals surface area contributed by atoms with E-state index in [9.17, 15) is 19.6 Å². The van der Waals surface area contributed by atoms with Gasteiger partial charge in [-0.05, 0) is 62.0 Å². The SMILES string of the molecule is CCOC(=O)C1(C#N)C2C(=O)C=C3C=CC4C5CCC(OC(=O)CC)C5(C)CCC4C3(C)C21. The lowest BCUT2D eigenvalue weighted by atomic mass is 9.48. The van der Waals surface area contributed by atoms with Gasteiger partial charge in [0.1, 0.15) is 6.10 Å². The summed E-state index contributed by atoms with van der Waals surface area (Å²) in [5, 5.41) is 10.1. The fourth-order valence-electron chi connectivity index (χ4n) is 8.30. The second kappa shape index (κ2) is 7.29. The van der Waals surface area contributed by atoms with Crippen LogP contribution in [0.1, 0.15) is 59.8 Å². The van der Waals surface area contributed by atoms with Crippen LogP contribution in [0.5, 0.6) is 0 Å². The number of allylic oxidation sites excluding steroid dienone is 4. The third kappa shape index (κ3) is 2.68. The van der Waals surface area contributed by atoms with E-state index in [2.05, 4.69) is 32.1 Å². The third-order valence-corrected chi connectivity index (χ3v) is 9.95. The Morgan fingerprint density at radius 1 is 1.18 bits per heavy atom. The van der Waals surface area contributed by atoms with Gasteiger partial charge in [-0.15, -0.1) is 0 Å². The van der Waals surface area contributed by atoms with Crippen molar-refractivity contribution in [2.45, 2.75) is 65.9 Å². The zero-order valence-corrected chi connectivity index (χ0v) is 19.9. The van der Waals surface area contributed by atoms with Gasteiger partial charge in [-0.2, -0.15) is 5.26 Å². The Morgan fingerprint density at radius 2 is 1.94 bits per heavy atom. The summed E-state index contributed by atoms with van der Waals surface area (Å²) in [6.07, 6.45) is 10.0. The number of nitriles is 1. The molecule has 0 spiro atoms. The summed E-state index contributed by atoms with van der Waals surface area (Å²) in [6, 6.07) is 2.24. The van der Waals surface area contributed by atoms with Crippen LogP contribution in [-0.2, 0) is 23.9 Å². The molecule has 3 saturated carbocycles. The van der Waals surface area contributed by atoms with Gasteiger partial charge in [0, 0.05) is 23.2 Å². The number of hydrogen-bond acceptors (Lipinski definition) is 6. The van der Waals surface area contributed by atoms with Gasteiger partial charge in [0.15, 0.2) is 11.2 Å². The van der Waals surface area contributed by atoms with Crippen molar-refractivity contribution in [2.75, 3.05) is 6.61 Å². The lowest BCUT2D eigenvalue weighted by molar-refractivity contribution is -0.158. The van der Waals surface area contributed by atoms with Crippen molar-refractivity contribution in [2.24, 2.45) is 45.8 Å². The lowest BCUT2D eigenvalue weighted by Crippen LogP contribution is -2.51. The predicted molar refractivity (Wildman–Crippen MR) is 119 cm³/mol. The molecule has 0 aromatic carbocycles. The molecule has 6 heteroatoms. The van der Waals surface area contributed by atoms with Crippen LogP contribution in [0.3, 0.4) is 0 Å². The van der Waals surface area contributed by atoms with E-state index in [4.69, 9.17) is 9.47 Å². The Kier molecular flexibility index (Phi) is 4.94. The largest absolute Gasteiger partial charge is 0.465 e.